The highest BCUT2D eigenvalue weighted by molar-refractivity contribution is 5.98. The van der Waals surface area contributed by atoms with E-state index in [4.69, 9.17) is 4.74 Å². The maximum Gasteiger partial charge on any atom is 0.333 e. The van der Waals surface area contributed by atoms with Gasteiger partial charge in [0.15, 0.2) is 17.4 Å². The van der Waals surface area contributed by atoms with E-state index in [1.165, 1.54) is 0 Å². The first kappa shape index (κ1) is 26.6. The first-order valence-corrected chi connectivity index (χ1v) is 12.5. The van der Waals surface area contributed by atoms with E-state index in [9.17, 15) is 27.9 Å². The predicted octanol–water partition coefficient (Wildman–Crippen LogP) is 2.67. The van der Waals surface area contributed by atoms with Gasteiger partial charge in [0.1, 0.15) is 13.2 Å². The van der Waals surface area contributed by atoms with Crippen LogP contribution in [0, 0.1) is 17.5 Å². The van der Waals surface area contributed by atoms with Crippen molar-refractivity contribution in [1.29, 1.82) is 0 Å². The van der Waals surface area contributed by atoms with Gasteiger partial charge in [0.2, 0.25) is 11.7 Å². The SMILES string of the molecule is O=C(O)C1=C(c2ccc(CCCOc3c(F)ccc(F)c3F)cc2)CC2CN(C(=O)CN3CN=NN3)CC1N2. The van der Waals surface area contributed by atoms with Gasteiger partial charge in [-0.3, -0.25) is 4.79 Å². The normalized spacial score (nSPS) is 20.7. The number of aryl methyl sites for hydroxylation is 1. The second-order valence-electron chi connectivity index (χ2n) is 9.62. The van der Waals surface area contributed by atoms with E-state index in [1.807, 2.05) is 24.3 Å². The van der Waals surface area contributed by atoms with Crippen LogP contribution in [0.2, 0.25) is 0 Å². The maximum absolute atomic E-state index is 13.7. The number of fused-ring (bicyclic) bond motifs is 2. The molecule has 0 radical (unpaired) electrons. The summed E-state index contributed by atoms with van der Waals surface area (Å²) in [6.07, 6.45) is 1.43. The number of benzene rings is 2. The molecule has 0 saturated carbocycles. The number of carboxylic acids is 1. The zero-order chi connectivity index (χ0) is 27.5. The lowest BCUT2D eigenvalue weighted by molar-refractivity contribution is -0.137. The number of aliphatic carboxylic acids is 1. The first-order chi connectivity index (χ1) is 18.8. The van der Waals surface area contributed by atoms with Crippen molar-refractivity contribution < 1.29 is 32.6 Å². The second kappa shape index (κ2) is 11.4. The van der Waals surface area contributed by atoms with Crippen LogP contribution in [-0.2, 0) is 16.0 Å². The minimum atomic E-state index is -1.35. The molecule has 2 bridgehead atoms. The van der Waals surface area contributed by atoms with Crippen molar-refractivity contribution in [3.05, 3.63) is 70.5 Å². The summed E-state index contributed by atoms with van der Waals surface area (Å²) < 4.78 is 45.9. The van der Waals surface area contributed by atoms with Crippen molar-refractivity contribution in [2.45, 2.75) is 31.3 Å². The number of nitrogens with one attached hydrogen (secondary N) is 2. The Kier molecular flexibility index (Phi) is 7.79. The van der Waals surface area contributed by atoms with E-state index in [2.05, 4.69) is 21.2 Å². The summed E-state index contributed by atoms with van der Waals surface area (Å²) in [5.41, 5.74) is 5.34. The Morgan fingerprint density at radius 1 is 1.08 bits per heavy atom. The molecule has 2 unspecified atom stereocenters. The highest BCUT2D eigenvalue weighted by Crippen LogP contribution is 2.33. The number of hydrogen-bond acceptors (Lipinski definition) is 8. The van der Waals surface area contributed by atoms with Crippen LogP contribution >= 0.6 is 0 Å². The van der Waals surface area contributed by atoms with Gasteiger partial charge in [-0.15, -0.1) is 0 Å². The Bertz CT molecular complexity index is 1310. The zero-order valence-electron chi connectivity index (χ0n) is 20.9. The van der Waals surface area contributed by atoms with Crippen LogP contribution in [0.5, 0.6) is 5.75 Å². The molecule has 3 aliphatic heterocycles. The number of hydrogen-bond donors (Lipinski definition) is 3. The summed E-state index contributed by atoms with van der Waals surface area (Å²) in [5.74, 6) is -5.38. The van der Waals surface area contributed by atoms with E-state index >= 15 is 0 Å². The third-order valence-electron chi connectivity index (χ3n) is 6.97. The highest BCUT2D eigenvalue weighted by Gasteiger charge is 2.40. The smallest absolute Gasteiger partial charge is 0.333 e. The van der Waals surface area contributed by atoms with Gasteiger partial charge < -0.3 is 20.1 Å². The molecule has 2 atom stereocenters. The molecule has 1 fully saturated rings. The molecule has 2 aromatic rings. The van der Waals surface area contributed by atoms with Gasteiger partial charge in [-0.2, -0.15) is 14.5 Å². The molecule has 13 heteroatoms. The minimum Gasteiger partial charge on any atom is -0.488 e. The third kappa shape index (κ3) is 5.88. The lowest BCUT2D eigenvalue weighted by Gasteiger charge is -2.43. The Labute approximate surface area is 222 Å². The Morgan fingerprint density at radius 2 is 1.85 bits per heavy atom. The summed E-state index contributed by atoms with van der Waals surface area (Å²) in [4.78, 5) is 26.8. The van der Waals surface area contributed by atoms with Crippen molar-refractivity contribution >= 4 is 17.4 Å². The van der Waals surface area contributed by atoms with Crippen LogP contribution in [0.4, 0.5) is 13.2 Å². The number of carboxylic acid groups (broad SMARTS) is 1. The standard InChI is InChI=1S/C26H27F3N6O4/c27-19-7-8-20(28)25(24(19)29)39-9-1-2-15-3-5-16(6-4-15)18-10-17-11-34(12-21(31-17)23(18)26(37)38)22(36)13-35-14-30-32-33-35/h3-8,17,21,31H,1-2,9-14H2,(H,30,33)(H,37,38). The van der Waals surface area contributed by atoms with Gasteiger partial charge in [0.05, 0.1) is 18.2 Å². The van der Waals surface area contributed by atoms with E-state index in [0.29, 0.717) is 31.9 Å². The van der Waals surface area contributed by atoms with E-state index < -0.39 is 35.2 Å². The highest BCUT2D eigenvalue weighted by atomic mass is 19.2. The number of hydrazine groups is 1. The number of halogens is 3. The molecule has 0 aliphatic carbocycles. The fourth-order valence-electron chi connectivity index (χ4n) is 5.12. The molecule has 39 heavy (non-hydrogen) atoms. The average molecular weight is 545 g/mol. The molecule has 2 aromatic carbocycles. The number of piperazine rings is 1. The second-order valence-corrected chi connectivity index (χ2v) is 9.62. The van der Waals surface area contributed by atoms with E-state index in [-0.39, 0.29) is 43.9 Å². The van der Waals surface area contributed by atoms with Crippen molar-refractivity contribution in [3.8, 4) is 5.75 Å². The summed E-state index contributed by atoms with van der Waals surface area (Å²) in [6, 6.07) is 8.39. The number of rotatable bonds is 9. The largest absolute Gasteiger partial charge is 0.488 e. The Hall–Kier alpha value is -3.97. The van der Waals surface area contributed by atoms with Crippen molar-refractivity contribution in [2.75, 3.05) is 32.9 Å². The number of carbonyl (C=O) groups excluding carboxylic acids is 1. The van der Waals surface area contributed by atoms with Crippen molar-refractivity contribution in [2.24, 2.45) is 10.3 Å². The van der Waals surface area contributed by atoms with Gasteiger partial charge in [-0.05, 0) is 48.1 Å². The fourth-order valence-corrected chi connectivity index (χ4v) is 5.12. The summed E-state index contributed by atoms with van der Waals surface area (Å²) in [6.45, 7) is 1.06. The maximum atomic E-state index is 13.7. The number of amides is 1. The van der Waals surface area contributed by atoms with Gasteiger partial charge in [0.25, 0.3) is 0 Å². The van der Waals surface area contributed by atoms with Crippen LogP contribution in [0.3, 0.4) is 0 Å². The number of ether oxygens (including phenoxy) is 1. The van der Waals surface area contributed by atoms with Gasteiger partial charge in [0, 0.05) is 19.1 Å². The molecular weight excluding hydrogens is 517 g/mol. The van der Waals surface area contributed by atoms with Crippen LogP contribution in [0.1, 0.15) is 24.0 Å². The summed E-state index contributed by atoms with van der Waals surface area (Å²) in [7, 11) is 0. The van der Waals surface area contributed by atoms with E-state index in [0.717, 1.165) is 22.8 Å². The molecule has 1 saturated heterocycles. The average Bonchev–Trinajstić information content (AvgIpc) is 3.43. The third-order valence-corrected chi connectivity index (χ3v) is 6.97. The minimum absolute atomic E-state index is 0.00499. The molecule has 0 aromatic heterocycles. The summed E-state index contributed by atoms with van der Waals surface area (Å²) in [5, 5.41) is 22.4. The molecule has 3 N–H and O–H groups in total. The molecule has 3 heterocycles. The Balaban J connectivity index is 1.22. The number of nitrogens with zero attached hydrogens (tertiary/aromatic N) is 4. The number of carbonyl (C=O) groups is 2. The molecule has 1 amide bonds. The monoisotopic (exact) mass is 544 g/mol. The zero-order valence-corrected chi connectivity index (χ0v) is 20.9. The fraction of sp³-hybridized carbons (Fsp3) is 0.385. The first-order valence-electron chi connectivity index (χ1n) is 12.5. The van der Waals surface area contributed by atoms with Gasteiger partial charge >= 0.3 is 5.97 Å². The van der Waals surface area contributed by atoms with E-state index in [1.54, 1.807) is 9.91 Å². The van der Waals surface area contributed by atoms with Crippen LogP contribution in [0.25, 0.3) is 5.57 Å². The molecule has 3 aliphatic rings. The van der Waals surface area contributed by atoms with Crippen LogP contribution < -0.4 is 15.6 Å². The van der Waals surface area contributed by atoms with Gasteiger partial charge in [-0.25, -0.2) is 19.1 Å². The molecule has 0 spiro atoms. The Morgan fingerprint density at radius 3 is 2.56 bits per heavy atom. The molecular formula is C26H27F3N6O4. The lowest BCUT2D eigenvalue weighted by Crippen LogP contribution is -2.62. The molecule has 10 nitrogen and oxygen atoms in total. The van der Waals surface area contributed by atoms with Crippen LogP contribution in [0.15, 0.2) is 52.3 Å². The van der Waals surface area contributed by atoms with Gasteiger partial charge in [-0.1, -0.05) is 29.5 Å². The molecule has 5 rings (SSSR count). The van der Waals surface area contributed by atoms with Crippen molar-refractivity contribution in [3.63, 3.8) is 0 Å². The summed E-state index contributed by atoms with van der Waals surface area (Å²) >= 11 is 0. The quantitative estimate of drug-likeness (QED) is 0.328. The lowest BCUT2D eigenvalue weighted by atomic mass is 9.83. The van der Waals surface area contributed by atoms with Crippen LogP contribution in [-0.4, -0.2) is 71.9 Å². The van der Waals surface area contributed by atoms with Crippen molar-refractivity contribution in [1.82, 2.24) is 20.8 Å². The molecule has 206 valence electrons. The predicted molar refractivity (Wildman–Crippen MR) is 133 cm³/mol. The topological polar surface area (TPSA) is 119 Å².